The van der Waals surface area contributed by atoms with E-state index in [0.29, 0.717) is 0 Å². The minimum Gasteiger partial charge on any atom is -0.450 e. The minimum absolute atomic E-state index is 0.391. The van der Waals surface area contributed by atoms with E-state index in [1.54, 1.807) is 13.8 Å². The third-order valence-corrected chi connectivity index (χ3v) is 1.48. The number of carbonyl (C=O) groups is 2. The van der Waals surface area contributed by atoms with E-state index in [1.807, 2.05) is 0 Å². The van der Waals surface area contributed by atoms with Crippen molar-refractivity contribution < 1.29 is 28.9 Å². The lowest BCUT2D eigenvalue weighted by Crippen LogP contribution is -2.24. The molecule has 1 atom stereocenters. The molecule has 0 amide bonds. The molecule has 0 aromatic heterocycles. The predicted octanol–water partition coefficient (Wildman–Crippen LogP) is 2.27. The first-order chi connectivity index (χ1) is 8.68. The van der Waals surface area contributed by atoms with Gasteiger partial charge in [0.05, 0.1) is 7.11 Å². The summed E-state index contributed by atoms with van der Waals surface area (Å²) < 4.78 is 13.1. The summed E-state index contributed by atoms with van der Waals surface area (Å²) in [5.41, 5.74) is -1.01. The van der Waals surface area contributed by atoms with Crippen molar-refractivity contribution in [3.63, 3.8) is 0 Å². The highest BCUT2D eigenvalue weighted by Crippen LogP contribution is 2.05. The lowest BCUT2D eigenvalue weighted by molar-refractivity contribution is 0.0356. The van der Waals surface area contributed by atoms with Crippen LogP contribution in [0, 0.1) is 24.2 Å². The zero-order valence-corrected chi connectivity index (χ0v) is 11.6. The molecular formula is C13H18O6. The van der Waals surface area contributed by atoms with Crippen LogP contribution in [0.15, 0.2) is 0 Å². The fourth-order valence-electron chi connectivity index (χ4n) is 0.673. The predicted molar refractivity (Wildman–Crippen MR) is 68.4 cm³/mol. The zero-order valence-electron chi connectivity index (χ0n) is 11.6. The Morgan fingerprint density at radius 1 is 1.37 bits per heavy atom. The fourth-order valence-corrected chi connectivity index (χ4v) is 0.673. The molecule has 106 valence electrons. The molecule has 6 nitrogen and oxygen atoms in total. The van der Waals surface area contributed by atoms with Gasteiger partial charge in [0, 0.05) is 0 Å². The summed E-state index contributed by atoms with van der Waals surface area (Å²) in [5.74, 6) is 7.42. The molecule has 1 unspecified atom stereocenters. The number of terminal acetylenes is 1. The van der Waals surface area contributed by atoms with E-state index < -0.39 is 24.0 Å². The molecule has 0 bridgehead atoms. The van der Waals surface area contributed by atoms with Crippen molar-refractivity contribution in [2.24, 2.45) is 0 Å². The minimum atomic E-state index is -1.35. The Morgan fingerprint density at radius 3 is 2.16 bits per heavy atom. The molecule has 0 radical (unpaired) electrons. The van der Waals surface area contributed by atoms with E-state index in [1.165, 1.54) is 21.0 Å². The van der Waals surface area contributed by atoms with Crippen LogP contribution in [0.4, 0.5) is 9.59 Å². The smallest absolute Gasteiger partial charge is 0.450 e. The number of hydrogen-bond acceptors (Lipinski definition) is 5. The third-order valence-electron chi connectivity index (χ3n) is 1.48. The van der Waals surface area contributed by atoms with Crippen LogP contribution in [0.1, 0.15) is 27.7 Å². The van der Waals surface area contributed by atoms with Crippen LogP contribution in [-0.2, 0) is 14.2 Å². The summed E-state index contributed by atoms with van der Waals surface area (Å²) in [6, 6.07) is 0. The van der Waals surface area contributed by atoms with Gasteiger partial charge in [-0.25, -0.2) is 9.59 Å². The fraction of sp³-hybridized carbons (Fsp3) is 0.538. The van der Waals surface area contributed by atoms with E-state index in [2.05, 4.69) is 32.0 Å². The maximum absolute atomic E-state index is 10.4. The van der Waals surface area contributed by atoms with Crippen molar-refractivity contribution in [1.82, 2.24) is 0 Å². The van der Waals surface area contributed by atoms with Gasteiger partial charge in [0.2, 0.25) is 0 Å². The largest absolute Gasteiger partial charge is 0.509 e. The van der Waals surface area contributed by atoms with E-state index in [0.717, 1.165) is 0 Å². The van der Waals surface area contributed by atoms with Crippen molar-refractivity contribution in [3.05, 3.63) is 0 Å². The van der Waals surface area contributed by atoms with Crippen LogP contribution in [0.2, 0.25) is 0 Å². The van der Waals surface area contributed by atoms with Crippen molar-refractivity contribution >= 4 is 12.3 Å². The van der Waals surface area contributed by atoms with E-state index in [4.69, 9.17) is 11.5 Å². The second-order valence-corrected chi connectivity index (χ2v) is 3.63. The van der Waals surface area contributed by atoms with Crippen LogP contribution < -0.4 is 0 Å². The van der Waals surface area contributed by atoms with Gasteiger partial charge in [-0.3, -0.25) is 0 Å². The molecule has 0 saturated heterocycles. The Kier molecular flexibility index (Phi) is 9.67. The number of carboxylic acid groups (broad SMARTS) is 1. The molecule has 0 saturated carbocycles. The van der Waals surface area contributed by atoms with Crippen molar-refractivity contribution in [1.29, 1.82) is 0 Å². The molecule has 19 heavy (non-hydrogen) atoms. The molecule has 0 aromatic rings. The van der Waals surface area contributed by atoms with E-state index >= 15 is 0 Å². The molecule has 1 N–H and O–H groups in total. The summed E-state index contributed by atoms with van der Waals surface area (Å²) in [6.07, 6.45) is 2.48. The third kappa shape index (κ3) is 13.6. The Balaban J connectivity index is 0. The number of rotatable bonds is 2. The Hall–Kier alpha value is -2.34. The van der Waals surface area contributed by atoms with E-state index in [9.17, 15) is 9.59 Å². The summed E-state index contributed by atoms with van der Waals surface area (Å²) in [7, 11) is 1.26. The van der Waals surface area contributed by atoms with Crippen molar-refractivity contribution in [3.8, 4) is 24.2 Å². The quantitative estimate of drug-likeness (QED) is 0.612. The van der Waals surface area contributed by atoms with Gasteiger partial charge in [-0.05, 0) is 27.7 Å². The lowest BCUT2D eigenvalue weighted by Gasteiger charge is -2.14. The first kappa shape index (κ1) is 19.0. The van der Waals surface area contributed by atoms with Crippen LogP contribution in [0.25, 0.3) is 0 Å². The number of carbonyl (C=O) groups excluding carboxylic acids is 1. The summed E-state index contributed by atoms with van der Waals surface area (Å²) >= 11 is 0. The SMILES string of the molecule is C#CC(C)(C)OC(=O)O.CC#CC(C)OC(=O)OC. The topological polar surface area (TPSA) is 82.1 Å². The van der Waals surface area contributed by atoms with Crippen LogP contribution in [-0.4, -0.2) is 36.2 Å². The summed E-state index contributed by atoms with van der Waals surface area (Å²) in [4.78, 5) is 20.2. The van der Waals surface area contributed by atoms with Gasteiger partial charge in [0.25, 0.3) is 0 Å². The summed E-state index contributed by atoms with van der Waals surface area (Å²) in [6.45, 7) is 6.35. The number of ether oxygens (including phenoxy) is 3. The Morgan fingerprint density at radius 2 is 1.89 bits per heavy atom. The monoisotopic (exact) mass is 270 g/mol. The van der Waals surface area contributed by atoms with Crippen LogP contribution >= 0.6 is 0 Å². The normalized spacial score (nSPS) is 10.3. The van der Waals surface area contributed by atoms with Gasteiger partial charge in [0.1, 0.15) is 0 Å². The molecule has 0 heterocycles. The van der Waals surface area contributed by atoms with Gasteiger partial charge >= 0.3 is 12.3 Å². The first-order valence-electron chi connectivity index (χ1n) is 5.25. The van der Waals surface area contributed by atoms with Gasteiger partial charge in [0.15, 0.2) is 11.7 Å². The molecule has 0 aliphatic heterocycles. The number of methoxy groups -OCH3 is 1. The first-order valence-corrected chi connectivity index (χ1v) is 5.25. The molecule has 0 aliphatic rings. The lowest BCUT2D eigenvalue weighted by atomic mass is 10.2. The molecule has 6 heteroatoms. The highest BCUT2D eigenvalue weighted by molar-refractivity contribution is 5.60. The van der Waals surface area contributed by atoms with Gasteiger partial charge in [-0.1, -0.05) is 11.8 Å². The van der Waals surface area contributed by atoms with Crippen LogP contribution in [0.5, 0.6) is 0 Å². The Bertz CT molecular complexity index is 394. The highest BCUT2D eigenvalue weighted by Gasteiger charge is 2.17. The average Bonchev–Trinajstić information content (AvgIpc) is 2.28. The van der Waals surface area contributed by atoms with Gasteiger partial charge in [-0.2, -0.15) is 0 Å². The highest BCUT2D eigenvalue weighted by atomic mass is 16.7. The standard InChI is InChI=1S/C7H10O3.C6H8O3/c1-4-5-6(2)10-7(8)9-3;1-4-6(2,3)9-5(7)8/h6H,1-3H3;1H,2-3H3,(H,7,8). The summed E-state index contributed by atoms with van der Waals surface area (Å²) in [5, 5.41) is 8.06. The zero-order chi connectivity index (χ0) is 15.5. The van der Waals surface area contributed by atoms with Crippen molar-refractivity contribution in [2.75, 3.05) is 7.11 Å². The van der Waals surface area contributed by atoms with Crippen molar-refractivity contribution in [2.45, 2.75) is 39.4 Å². The maximum Gasteiger partial charge on any atom is 0.509 e. The maximum atomic E-state index is 10.4. The average molecular weight is 270 g/mol. The second kappa shape index (κ2) is 9.67. The Labute approximate surface area is 113 Å². The molecule has 0 rings (SSSR count). The van der Waals surface area contributed by atoms with Gasteiger partial charge in [-0.15, -0.1) is 12.3 Å². The van der Waals surface area contributed by atoms with Gasteiger partial charge < -0.3 is 19.3 Å². The molecule has 0 aliphatic carbocycles. The molecule has 0 fully saturated rings. The van der Waals surface area contributed by atoms with Crippen LogP contribution in [0.3, 0.4) is 0 Å². The molecule has 0 aromatic carbocycles. The molecular weight excluding hydrogens is 252 g/mol. The molecule has 0 spiro atoms. The van der Waals surface area contributed by atoms with E-state index in [-0.39, 0.29) is 0 Å². The second-order valence-electron chi connectivity index (χ2n) is 3.63. The number of hydrogen-bond donors (Lipinski definition) is 1.